The van der Waals surface area contributed by atoms with Crippen molar-refractivity contribution in [2.75, 3.05) is 30.9 Å². The van der Waals surface area contributed by atoms with E-state index in [1.54, 1.807) is 31.2 Å². The van der Waals surface area contributed by atoms with Crippen LogP contribution in [0.5, 0.6) is 0 Å². The average molecular weight is 423 g/mol. The number of benzene rings is 1. The summed E-state index contributed by atoms with van der Waals surface area (Å²) in [5, 5.41) is 0. The van der Waals surface area contributed by atoms with Crippen LogP contribution in [0.4, 0.5) is 5.95 Å². The van der Waals surface area contributed by atoms with Crippen molar-refractivity contribution in [2.24, 2.45) is 7.05 Å². The number of anilines is 1. The Kier molecular flexibility index (Phi) is 5.96. The molecule has 4 rings (SSSR count). The molecule has 0 amide bonds. The monoisotopic (exact) mass is 422 g/mol. The molecule has 7 nitrogen and oxygen atoms in total. The SMILES string of the molecule is CSc1ccc(C(=O)C2CN(c3nc(-c4ccncc4)cc(=O)n3C)CCO2)cc1. The molecule has 0 N–H and O–H groups in total. The van der Waals surface area contributed by atoms with Crippen LogP contribution in [0.25, 0.3) is 11.3 Å². The lowest BCUT2D eigenvalue weighted by atomic mass is 10.1. The van der Waals surface area contributed by atoms with Crippen molar-refractivity contribution in [3.05, 3.63) is 70.8 Å². The number of morpholine rings is 1. The Balaban J connectivity index is 1.60. The highest BCUT2D eigenvalue weighted by molar-refractivity contribution is 7.98. The van der Waals surface area contributed by atoms with E-state index in [0.717, 1.165) is 10.5 Å². The quantitative estimate of drug-likeness (QED) is 0.462. The Morgan fingerprint density at radius 1 is 1.17 bits per heavy atom. The number of Topliss-reactive ketones (excluding diaryl/α,β-unsaturated/α-hetero) is 1. The van der Waals surface area contributed by atoms with Crippen LogP contribution in [0.15, 0.2) is 64.5 Å². The standard InChI is InChI=1S/C22H22N4O3S/c1-25-20(27)13-18(15-7-9-23-10-8-15)24-22(25)26-11-12-29-19(14-26)21(28)16-3-5-17(30-2)6-4-16/h3-10,13,19H,11-12,14H2,1-2H3. The fraction of sp³-hybridized carbons (Fsp3) is 0.273. The minimum Gasteiger partial charge on any atom is -0.366 e. The zero-order valence-corrected chi connectivity index (χ0v) is 17.6. The molecule has 3 aromatic rings. The molecule has 0 bridgehead atoms. The summed E-state index contributed by atoms with van der Waals surface area (Å²) < 4.78 is 7.27. The van der Waals surface area contributed by atoms with Crippen molar-refractivity contribution in [2.45, 2.75) is 11.0 Å². The lowest BCUT2D eigenvalue weighted by Crippen LogP contribution is -2.48. The average Bonchev–Trinajstić information content (AvgIpc) is 2.81. The van der Waals surface area contributed by atoms with Gasteiger partial charge in [-0.3, -0.25) is 19.1 Å². The maximum atomic E-state index is 13.0. The number of carbonyl (C=O) groups excluding carboxylic acids is 1. The van der Waals surface area contributed by atoms with Crippen LogP contribution in [0.2, 0.25) is 0 Å². The number of hydrogen-bond donors (Lipinski definition) is 0. The summed E-state index contributed by atoms with van der Waals surface area (Å²) in [6.45, 7) is 1.27. The van der Waals surface area contributed by atoms with Crippen LogP contribution >= 0.6 is 11.8 Å². The largest absolute Gasteiger partial charge is 0.366 e. The molecular weight excluding hydrogens is 400 g/mol. The van der Waals surface area contributed by atoms with E-state index in [9.17, 15) is 9.59 Å². The van der Waals surface area contributed by atoms with Gasteiger partial charge in [-0.25, -0.2) is 4.98 Å². The Morgan fingerprint density at radius 3 is 2.60 bits per heavy atom. The first-order chi connectivity index (χ1) is 14.6. The predicted octanol–water partition coefficient (Wildman–Crippen LogP) is 2.65. The first kappa shape index (κ1) is 20.3. The molecule has 0 aliphatic carbocycles. The number of aromatic nitrogens is 3. The van der Waals surface area contributed by atoms with Gasteiger partial charge in [0.05, 0.1) is 18.8 Å². The van der Waals surface area contributed by atoms with E-state index in [-0.39, 0.29) is 11.3 Å². The zero-order valence-electron chi connectivity index (χ0n) is 16.8. The van der Waals surface area contributed by atoms with Gasteiger partial charge < -0.3 is 9.64 Å². The number of carbonyl (C=O) groups is 1. The summed E-state index contributed by atoms with van der Waals surface area (Å²) in [6, 6.07) is 12.7. The molecule has 3 heterocycles. The van der Waals surface area contributed by atoms with Gasteiger partial charge >= 0.3 is 0 Å². The smallest absolute Gasteiger partial charge is 0.255 e. The van der Waals surface area contributed by atoms with Crippen LogP contribution in [0.1, 0.15) is 10.4 Å². The lowest BCUT2D eigenvalue weighted by Gasteiger charge is -2.33. The number of pyridine rings is 1. The van der Waals surface area contributed by atoms with Crippen molar-refractivity contribution >= 4 is 23.5 Å². The first-order valence-corrected chi connectivity index (χ1v) is 10.8. The Labute approximate surface area is 178 Å². The minimum atomic E-state index is -0.611. The van der Waals surface area contributed by atoms with Gasteiger partial charge in [-0.2, -0.15) is 0 Å². The molecule has 1 atom stereocenters. The van der Waals surface area contributed by atoms with E-state index in [2.05, 4.69) is 4.98 Å². The first-order valence-electron chi connectivity index (χ1n) is 9.60. The molecule has 154 valence electrons. The van der Waals surface area contributed by atoms with Crippen molar-refractivity contribution in [1.82, 2.24) is 14.5 Å². The van der Waals surface area contributed by atoms with Gasteiger partial charge in [0.1, 0.15) is 6.10 Å². The zero-order chi connectivity index (χ0) is 21.1. The summed E-state index contributed by atoms with van der Waals surface area (Å²) in [4.78, 5) is 37.3. The number of ketones is 1. The highest BCUT2D eigenvalue weighted by Gasteiger charge is 2.29. The highest BCUT2D eigenvalue weighted by Crippen LogP contribution is 2.22. The van der Waals surface area contributed by atoms with Crippen LogP contribution in [-0.2, 0) is 11.8 Å². The van der Waals surface area contributed by atoms with Gasteiger partial charge in [0, 0.05) is 48.1 Å². The molecule has 1 unspecified atom stereocenters. The van der Waals surface area contributed by atoms with Crippen molar-refractivity contribution in [1.29, 1.82) is 0 Å². The van der Waals surface area contributed by atoms with Gasteiger partial charge in [-0.1, -0.05) is 12.1 Å². The molecule has 0 spiro atoms. The summed E-state index contributed by atoms with van der Waals surface area (Å²) in [7, 11) is 1.69. The molecule has 0 radical (unpaired) electrons. The number of hydrogen-bond acceptors (Lipinski definition) is 7. The number of rotatable bonds is 5. The fourth-order valence-electron chi connectivity index (χ4n) is 3.41. The molecule has 30 heavy (non-hydrogen) atoms. The summed E-state index contributed by atoms with van der Waals surface area (Å²) in [5.74, 6) is 0.454. The van der Waals surface area contributed by atoms with E-state index in [4.69, 9.17) is 9.72 Å². The van der Waals surface area contributed by atoms with Gasteiger partial charge in [0.25, 0.3) is 5.56 Å². The molecule has 8 heteroatoms. The van der Waals surface area contributed by atoms with E-state index in [1.165, 1.54) is 10.6 Å². The second-order valence-electron chi connectivity index (χ2n) is 6.97. The predicted molar refractivity (Wildman–Crippen MR) is 117 cm³/mol. The maximum Gasteiger partial charge on any atom is 0.255 e. The van der Waals surface area contributed by atoms with Crippen LogP contribution in [-0.4, -0.2) is 52.4 Å². The number of thioether (sulfide) groups is 1. The van der Waals surface area contributed by atoms with Crippen LogP contribution in [0.3, 0.4) is 0 Å². The molecule has 1 aromatic carbocycles. The lowest BCUT2D eigenvalue weighted by molar-refractivity contribution is 0.0336. The molecule has 1 fully saturated rings. The van der Waals surface area contributed by atoms with Gasteiger partial charge in [0.2, 0.25) is 5.95 Å². The number of nitrogens with zero attached hydrogens (tertiary/aromatic N) is 4. The third-order valence-corrected chi connectivity index (χ3v) is 5.85. The van der Waals surface area contributed by atoms with Crippen LogP contribution < -0.4 is 10.5 Å². The normalized spacial score (nSPS) is 16.5. The molecular formula is C22H22N4O3S. The van der Waals surface area contributed by atoms with E-state index >= 15 is 0 Å². The van der Waals surface area contributed by atoms with E-state index in [0.29, 0.717) is 36.9 Å². The Bertz CT molecular complexity index is 1100. The van der Waals surface area contributed by atoms with Crippen molar-refractivity contribution in [3.63, 3.8) is 0 Å². The molecule has 2 aromatic heterocycles. The Hall–Kier alpha value is -2.97. The number of ether oxygens (including phenoxy) is 1. The topological polar surface area (TPSA) is 77.3 Å². The maximum absolute atomic E-state index is 13.0. The van der Waals surface area contributed by atoms with E-state index in [1.807, 2.05) is 47.6 Å². The second kappa shape index (κ2) is 8.81. The summed E-state index contributed by atoms with van der Waals surface area (Å²) in [5.41, 5.74) is 1.86. The van der Waals surface area contributed by atoms with Crippen molar-refractivity contribution in [3.8, 4) is 11.3 Å². The van der Waals surface area contributed by atoms with Gasteiger partial charge in [-0.15, -0.1) is 11.8 Å². The van der Waals surface area contributed by atoms with E-state index < -0.39 is 6.10 Å². The van der Waals surface area contributed by atoms with Crippen LogP contribution in [0, 0.1) is 0 Å². The Morgan fingerprint density at radius 2 is 1.90 bits per heavy atom. The summed E-state index contributed by atoms with van der Waals surface area (Å²) in [6.07, 6.45) is 4.72. The van der Waals surface area contributed by atoms with Gasteiger partial charge in [0.15, 0.2) is 5.78 Å². The third kappa shape index (κ3) is 4.15. The fourth-order valence-corrected chi connectivity index (χ4v) is 3.82. The molecule has 0 saturated carbocycles. The molecule has 1 aliphatic heterocycles. The van der Waals surface area contributed by atoms with Gasteiger partial charge in [-0.05, 0) is 30.5 Å². The molecule has 1 saturated heterocycles. The third-order valence-electron chi connectivity index (χ3n) is 5.10. The van der Waals surface area contributed by atoms with Crippen molar-refractivity contribution < 1.29 is 9.53 Å². The highest BCUT2D eigenvalue weighted by atomic mass is 32.2. The minimum absolute atomic E-state index is 0.0670. The second-order valence-corrected chi connectivity index (χ2v) is 7.85. The molecule has 1 aliphatic rings. The summed E-state index contributed by atoms with van der Waals surface area (Å²) >= 11 is 1.63.